The van der Waals surface area contributed by atoms with E-state index in [-0.39, 0.29) is 21.4 Å². The Morgan fingerprint density at radius 1 is 1.26 bits per heavy atom. The number of thiocarbonyl (C=S) groups is 1. The maximum absolute atomic E-state index is 13.5. The van der Waals surface area contributed by atoms with Crippen molar-refractivity contribution in [2.75, 3.05) is 5.32 Å². The van der Waals surface area contributed by atoms with E-state index in [0.717, 1.165) is 6.07 Å². The van der Waals surface area contributed by atoms with E-state index in [2.05, 4.69) is 10.6 Å². The lowest BCUT2D eigenvalue weighted by Crippen LogP contribution is -2.34. The number of carbonyl (C=O) groups is 1. The van der Waals surface area contributed by atoms with Gasteiger partial charge in [-0.3, -0.25) is 20.2 Å². The van der Waals surface area contributed by atoms with Crippen LogP contribution in [0.4, 0.5) is 15.8 Å². The fourth-order valence-corrected chi connectivity index (χ4v) is 2.07. The van der Waals surface area contributed by atoms with Crippen molar-refractivity contribution < 1.29 is 14.1 Å². The topological polar surface area (TPSA) is 84.3 Å². The molecule has 0 atom stereocenters. The zero-order valence-corrected chi connectivity index (χ0v) is 13.0. The number of amides is 1. The molecule has 0 aliphatic rings. The molecule has 9 heteroatoms. The van der Waals surface area contributed by atoms with Crippen LogP contribution < -0.4 is 10.6 Å². The maximum Gasteiger partial charge on any atom is 0.288 e. The van der Waals surface area contributed by atoms with Gasteiger partial charge in [0.1, 0.15) is 10.8 Å². The van der Waals surface area contributed by atoms with E-state index in [1.54, 1.807) is 6.07 Å². The molecule has 0 spiro atoms. The number of halogens is 2. The molecule has 23 heavy (non-hydrogen) atoms. The zero-order valence-electron chi connectivity index (χ0n) is 11.4. The Kier molecular flexibility index (Phi) is 5.20. The molecule has 0 radical (unpaired) electrons. The van der Waals surface area contributed by atoms with Crippen molar-refractivity contribution in [1.82, 2.24) is 5.32 Å². The molecule has 118 valence electrons. The zero-order chi connectivity index (χ0) is 17.0. The Bertz CT molecular complexity index is 801. The van der Waals surface area contributed by atoms with Gasteiger partial charge in [-0.2, -0.15) is 0 Å². The molecule has 1 amide bonds. The molecule has 0 aromatic heterocycles. The van der Waals surface area contributed by atoms with E-state index in [0.29, 0.717) is 0 Å². The van der Waals surface area contributed by atoms with Gasteiger partial charge in [0.15, 0.2) is 5.11 Å². The Morgan fingerprint density at radius 3 is 2.61 bits per heavy atom. The quantitative estimate of drug-likeness (QED) is 0.501. The summed E-state index contributed by atoms with van der Waals surface area (Å²) in [5.41, 5.74) is -0.300. The van der Waals surface area contributed by atoms with Gasteiger partial charge < -0.3 is 5.32 Å². The highest BCUT2D eigenvalue weighted by Crippen LogP contribution is 2.25. The molecule has 0 aliphatic heterocycles. The summed E-state index contributed by atoms with van der Waals surface area (Å²) in [6.07, 6.45) is 0. The van der Waals surface area contributed by atoms with Crippen molar-refractivity contribution >= 4 is 46.2 Å². The van der Waals surface area contributed by atoms with E-state index in [4.69, 9.17) is 23.8 Å². The number of hydrogen-bond acceptors (Lipinski definition) is 4. The number of nitrogens with zero attached hydrogens (tertiary/aromatic N) is 1. The fourth-order valence-electron chi connectivity index (χ4n) is 1.69. The molecule has 0 fully saturated rings. The lowest BCUT2D eigenvalue weighted by Gasteiger charge is -2.10. The molecule has 2 N–H and O–H groups in total. The highest BCUT2D eigenvalue weighted by molar-refractivity contribution is 7.80. The van der Waals surface area contributed by atoms with Crippen molar-refractivity contribution in [3.8, 4) is 0 Å². The second-order valence-electron chi connectivity index (χ2n) is 4.31. The number of carbonyl (C=O) groups excluding carboxylic acids is 1. The number of para-hydroxylation sites is 1. The minimum atomic E-state index is -0.699. The van der Waals surface area contributed by atoms with Gasteiger partial charge in [-0.15, -0.1) is 0 Å². The van der Waals surface area contributed by atoms with Crippen LogP contribution in [0, 0.1) is 15.9 Å². The number of nitro benzene ring substituents is 1. The van der Waals surface area contributed by atoms with Crippen molar-refractivity contribution in [1.29, 1.82) is 0 Å². The average molecular weight is 354 g/mol. The average Bonchev–Trinajstić information content (AvgIpc) is 2.49. The smallest absolute Gasteiger partial charge is 0.288 e. The van der Waals surface area contributed by atoms with Gasteiger partial charge >= 0.3 is 0 Å². The highest BCUT2D eigenvalue weighted by atomic mass is 35.5. The Balaban J connectivity index is 2.10. The molecule has 2 rings (SSSR count). The molecule has 2 aromatic rings. The first-order valence-electron chi connectivity index (χ1n) is 6.19. The summed E-state index contributed by atoms with van der Waals surface area (Å²) in [7, 11) is 0. The molecule has 0 unspecified atom stereocenters. The first-order chi connectivity index (χ1) is 10.9. The number of anilines is 1. The summed E-state index contributed by atoms with van der Waals surface area (Å²) >= 11 is 10.6. The number of rotatable bonds is 3. The molecule has 0 saturated heterocycles. The molecule has 6 nitrogen and oxygen atoms in total. The first kappa shape index (κ1) is 16.8. The molecular formula is C14H9ClFN3O3S. The van der Waals surface area contributed by atoms with Crippen LogP contribution in [-0.4, -0.2) is 15.9 Å². The lowest BCUT2D eigenvalue weighted by molar-refractivity contribution is -0.384. The number of hydrogen-bond donors (Lipinski definition) is 2. The SMILES string of the molecule is O=C(NC(=S)Nc1ccccc1F)c1ccc(Cl)c([N+](=O)[O-])c1. The minimum absolute atomic E-state index is 0.00113. The maximum atomic E-state index is 13.5. The largest absolute Gasteiger partial charge is 0.330 e. The molecular weight excluding hydrogens is 345 g/mol. The summed E-state index contributed by atoms with van der Waals surface area (Å²) in [6.45, 7) is 0. The Hall–Kier alpha value is -2.58. The monoisotopic (exact) mass is 353 g/mol. The van der Waals surface area contributed by atoms with E-state index >= 15 is 0 Å². The third-order valence-electron chi connectivity index (χ3n) is 2.75. The molecule has 0 saturated carbocycles. The van der Waals surface area contributed by atoms with E-state index in [1.807, 2.05) is 0 Å². The summed E-state index contributed by atoms with van der Waals surface area (Å²) in [5, 5.41) is 15.4. The van der Waals surface area contributed by atoms with Crippen molar-refractivity contribution in [2.45, 2.75) is 0 Å². The number of nitro groups is 1. The molecule has 0 bridgehead atoms. The van der Waals surface area contributed by atoms with Gasteiger partial charge in [0, 0.05) is 11.6 Å². The summed E-state index contributed by atoms with van der Waals surface area (Å²) in [6, 6.07) is 9.37. The fraction of sp³-hybridized carbons (Fsp3) is 0. The van der Waals surface area contributed by atoms with Crippen molar-refractivity contribution in [2.24, 2.45) is 0 Å². The third-order valence-corrected chi connectivity index (χ3v) is 3.28. The number of nitrogens with one attached hydrogen (secondary N) is 2. The van der Waals surface area contributed by atoms with Gasteiger partial charge in [-0.25, -0.2) is 4.39 Å². The Labute approximate surface area is 140 Å². The van der Waals surface area contributed by atoms with Gasteiger partial charge in [-0.05, 0) is 36.5 Å². The van der Waals surface area contributed by atoms with Gasteiger partial charge in [0.2, 0.25) is 0 Å². The van der Waals surface area contributed by atoms with Crippen LogP contribution in [0.5, 0.6) is 0 Å². The van der Waals surface area contributed by atoms with Crippen LogP contribution in [0.15, 0.2) is 42.5 Å². The summed E-state index contributed by atoms with van der Waals surface area (Å²) in [5.74, 6) is -1.22. The van der Waals surface area contributed by atoms with Crippen LogP contribution >= 0.6 is 23.8 Å². The predicted octanol–water partition coefficient (Wildman–Crippen LogP) is 3.51. The van der Waals surface area contributed by atoms with Crippen LogP contribution in [0.1, 0.15) is 10.4 Å². The summed E-state index contributed by atoms with van der Waals surface area (Å²) in [4.78, 5) is 22.1. The standard InChI is InChI=1S/C14H9ClFN3O3S/c15-9-6-5-8(7-12(9)19(21)22)13(20)18-14(23)17-11-4-2-1-3-10(11)16/h1-7H,(H2,17,18,20,23). The van der Waals surface area contributed by atoms with E-state index in [9.17, 15) is 19.3 Å². The second-order valence-corrected chi connectivity index (χ2v) is 5.13. The lowest BCUT2D eigenvalue weighted by atomic mass is 10.2. The van der Waals surface area contributed by atoms with E-state index < -0.39 is 22.3 Å². The predicted molar refractivity (Wildman–Crippen MR) is 88.2 cm³/mol. The third kappa shape index (κ3) is 4.21. The van der Waals surface area contributed by atoms with Crippen molar-refractivity contribution in [3.63, 3.8) is 0 Å². The molecule has 2 aromatic carbocycles. The molecule has 0 heterocycles. The second kappa shape index (κ2) is 7.12. The van der Waals surface area contributed by atoms with Crippen LogP contribution in [0.25, 0.3) is 0 Å². The number of benzene rings is 2. The van der Waals surface area contributed by atoms with Gasteiger partial charge in [0.05, 0.1) is 10.6 Å². The summed E-state index contributed by atoms with van der Waals surface area (Å²) < 4.78 is 13.5. The normalized spacial score (nSPS) is 10.0. The van der Waals surface area contributed by atoms with E-state index in [1.165, 1.54) is 30.3 Å². The Morgan fingerprint density at radius 2 is 1.96 bits per heavy atom. The van der Waals surface area contributed by atoms with Crippen LogP contribution in [0.3, 0.4) is 0 Å². The van der Waals surface area contributed by atoms with Gasteiger partial charge in [-0.1, -0.05) is 23.7 Å². The molecule has 0 aliphatic carbocycles. The van der Waals surface area contributed by atoms with Crippen LogP contribution in [-0.2, 0) is 0 Å². The highest BCUT2D eigenvalue weighted by Gasteiger charge is 2.17. The minimum Gasteiger partial charge on any atom is -0.330 e. The van der Waals surface area contributed by atoms with Crippen LogP contribution in [0.2, 0.25) is 5.02 Å². The van der Waals surface area contributed by atoms with Gasteiger partial charge in [0.25, 0.3) is 11.6 Å². The first-order valence-corrected chi connectivity index (χ1v) is 6.98. The van der Waals surface area contributed by atoms with Crippen molar-refractivity contribution in [3.05, 3.63) is 69.0 Å².